The Balaban J connectivity index is 2.04. The van der Waals surface area contributed by atoms with Crippen molar-refractivity contribution in [3.63, 3.8) is 0 Å². The van der Waals surface area contributed by atoms with Gasteiger partial charge in [-0.25, -0.2) is 13.7 Å². The van der Waals surface area contributed by atoms with E-state index in [4.69, 9.17) is 0 Å². The van der Waals surface area contributed by atoms with Crippen molar-refractivity contribution in [3.8, 4) is 0 Å². The number of carbonyl (C=O) groups excluding carboxylic acids is 2. The third-order valence-corrected chi connectivity index (χ3v) is 4.87. The molecule has 0 unspecified atom stereocenters. The lowest BCUT2D eigenvalue weighted by atomic mass is 9.73. The summed E-state index contributed by atoms with van der Waals surface area (Å²) in [6.07, 6.45) is 4.07. The Morgan fingerprint density at radius 1 is 1.05 bits per heavy atom. The van der Waals surface area contributed by atoms with Crippen molar-refractivity contribution in [1.82, 2.24) is 0 Å². The molecule has 3 rings (SSSR count). The molecule has 0 bridgehead atoms. The van der Waals surface area contributed by atoms with E-state index in [0.29, 0.717) is 17.7 Å². The smallest absolute Gasteiger partial charge is 0.240 e. The van der Waals surface area contributed by atoms with Crippen LogP contribution in [0.1, 0.15) is 38.5 Å². The minimum Gasteiger partial charge on any atom is -0.274 e. The molecule has 1 aliphatic heterocycles. The number of rotatable bonds is 1. The predicted octanol–water partition coefficient (Wildman–Crippen LogP) is 3.94. The average Bonchev–Trinajstić information content (AvgIpc) is 2.63. The summed E-state index contributed by atoms with van der Waals surface area (Å²) < 4.78 is 28.3. The van der Waals surface area contributed by atoms with E-state index in [9.17, 15) is 18.4 Å². The molecule has 112 valence electrons. The summed E-state index contributed by atoms with van der Waals surface area (Å²) in [7, 11) is 0. The lowest BCUT2D eigenvalue weighted by molar-refractivity contribution is -0.127. The molecule has 6 heteroatoms. The highest BCUT2D eigenvalue weighted by Crippen LogP contribution is 2.47. The van der Waals surface area contributed by atoms with Gasteiger partial charge in [-0.3, -0.25) is 9.59 Å². The van der Waals surface area contributed by atoms with Crippen LogP contribution in [0.2, 0.25) is 0 Å². The zero-order valence-corrected chi connectivity index (χ0v) is 12.9. The van der Waals surface area contributed by atoms with Gasteiger partial charge >= 0.3 is 0 Å². The van der Waals surface area contributed by atoms with Crippen LogP contribution in [0.5, 0.6) is 0 Å². The number of anilines is 1. The van der Waals surface area contributed by atoms with Crippen molar-refractivity contribution >= 4 is 33.4 Å². The van der Waals surface area contributed by atoms with Gasteiger partial charge in [0, 0.05) is 10.9 Å². The molecule has 2 aliphatic rings. The van der Waals surface area contributed by atoms with Gasteiger partial charge in [-0.15, -0.1) is 0 Å². The van der Waals surface area contributed by atoms with Crippen LogP contribution >= 0.6 is 15.9 Å². The highest BCUT2D eigenvalue weighted by atomic mass is 79.9. The van der Waals surface area contributed by atoms with E-state index in [0.717, 1.165) is 31.4 Å². The zero-order valence-electron chi connectivity index (χ0n) is 11.3. The number of halogens is 3. The number of nitrogens with zero attached hydrogens (tertiary/aromatic N) is 1. The Kier molecular flexibility index (Phi) is 3.59. The van der Waals surface area contributed by atoms with Gasteiger partial charge in [0.1, 0.15) is 5.69 Å². The van der Waals surface area contributed by atoms with Gasteiger partial charge in [-0.05, 0) is 25.0 Å². The van der Waals surface area contributed by atoms with Gasteiger partial charge in [-0.2, -0.15) is 0 Å². The van der Waals surface area contributed by atoms with Gasteiger partial charge in [-0.1, -0.05) is 35.2 Å². The first-order valence-corrected chi connectivity index (χ1v) is 7.76. The van der Waals surface area contributed by atoms with E-state index in [1.165, 1.54) is 0 Å². The molecule has 3 nitrogen and oxygen atoms in total. The minimum atomic E-state index is -0.906. The van der Waals surface area contributed by atoms with Crippen molar-refractivity contribution in [2.24, 2.45) is 5.41 Å². The number of hydrogen-bond donors (Lipinski definition) is 0. The van der Waals surface area contributed by atoms with Crippen LogP contribution < -0.4 is 4.90 Å². The maximum atomic E-state index is 14.0. The molecule has 0 aromatic heterocycles. The summed E-state index contributed by atoms with van der Waals surface area (Å²) >= 11 is 2.99. The number of imide groups is 1. The molecular weight excluding hydrogens is 344 g/mol. The van der Waals surface area contributed by atoms with Gasteiger partial charge in [0.15, 0.2) is 11.6 Å². The second-order valence-electron chi connectivity index (χ2n) is 5.77. The topological polar surface area (TPSA) is 37.4 Å². The van der Waals surface area contributed by atoms with Crippen LogP contribution in [0.3, 0.4) is 0 Å². The standard InChI is InChI=1S/C15H14BrF2NO2/c16-9-6-10(17)13(11(18)7-9)19-12(20)8-15(14(19)21)4-2-1-3-5-15/h6-7H,1-5,8H2. The zero-order chi connectivity index (χ0) is 15.2. The van der Waals surface area contributed by atoms with Gasteiger partial charge < -0.3 is 0 Å². The van der Waals surface area contributed by atoms with Crippen molar-refractivity contribution < 1.29 is 18.4 Å². The van der Waals surface area contributed by atoms with Crippen molar-refractivity contribution in [2.75, 3.05) is 4.90 Å². The third kappa shape index (κ3) is 2.29. The first kappa shape index (κ1) is 14.6. The van der Waals surface area contributed by atoms with E-state index in [1.807, 2.05) is 0 Å². The van der Waals surface area contributed by atoms with E-state index >= 15 is 0 Å². The third-order valence-electron chi connectivity index (χ3n) is 4.41. The minimum absolute atomic E-state index is 0.0563. The molecule has 0 atom stereocenters. The maximum absolute atomic E-state index is 14.0. The second-order valence-corrected chi connectivity index (χ2v) is 6.69. The fourth-order valence-corrected chi connectivity index (χ4v) is 3.79. The molecule has 2 fully saturated rings. The van der Waals surface area contributed by atoms with Gasteiger partial charge in [0.2, 0.25) is 11.8 Å². The predicted molar refractivity (Wildman–Crippen MR) is 76.7 cm³/mol. The number of carbonyl (C=O) groups is 2. The van der Waals surface area contributed by atoms with Crippen LogP contribution in [-0.2, 0) is 9.59 Å². The summed E-state index contributed by atoms with van der Waals surface area (Å²) in [5.41, 5.74) is -1.29. The normalized spacial score (nSPS) is 21.4. The first-order valence-electron chi connectivity index (χ1n) is 6.96. The van der Waals surface area contributed by atoms with E-state index in [1.54, 1.807) is 0 Å². The summed E-state index contributed by atoms with van der Waals surface area (Å²) in [6.45, 7) is 0. The van der Waals surface area contributed by atoms with E-state index in [2.05, 4.69) is 15.9 Å². The van der Waals surface area contributed by atoms with Crippen LogP contribution in [0, 0.1) is 17.0 Å². The molecule has 21 heavy (non-hydrogen) atoms. The summed E-state index contributed by atoms with van der Waals surface area (Å²) in [4.78, 5) is 25.6. The molecule has 0 radical (unpaired) electrons. The van der Waals surface area contributed by atoms with Crippen molar-refractivity contribution in [3.05, 3.63) is 28.2 Å². The fourth-order valence-electron chi connectivity index (χ4n) is 3.39. The molecule has 1 spiro atoms. The Hall–Kier alpha value is -1.30. The van der Waals surface area contributed by atoms with E-state index in [-0.39, 0.29) is 10.9 Å². The summed E-state index contributed by atoms with van der Waals surface area (Å²) in [5, 5.41) is 0. The Morgan fingerprint density at radius 3 is 2.19 bits per heavy atom. The Labute approximate surface area is 129 Å². The maximum Gasteiger partial charge on any atom is 0.240 e. The number of benzene rings is 1. The highest BCUT2D eigenvalue weighted by Gasteiger charge is 2.53. The molecule has 1 aromatic rings. The number of hydrogen-bond acceptors (Lipinski definition) is 2. The monoisotopic (exact) mass is 357 g/mol. The van der Waals surface area contributed by atoms with Crippen molar-refractivity contribution in [1.29, 1.82) is 0 Å². The molecule has 1 saturated heterocycles. The SMILES string of the molecule is O=C1CC2(CCCCC2)C(=O)N1c1c(F)cc(Br)cc1F. The first-order chi connectivity index (χ1) is 9.94. The van der Waals surface area contributed by atoms with Gasteiger partial charge in [0.25, 0.3) is 0 Å². The molecule has 1 saturated carbocycles. The molecular formula is C15H14BrF2NO2. The molecule has 0 N–H and O–H groups in total. The number of amides is 2. The van der Waals surface area contributed by atoms with Crippen molar-refractivity contribution in [2.45, 2.75) is 38.5 Å². The molecule has 1 aliphatic carbocycles. The molecule has 1 heterocycles. The molecule has 2 amide bonds. The highest BCUT2D eigenvalue weighted by molar-refractivity contribution is 9.10. The second kappa shape index (κ2) is 5.16. The lowest BCUT2D eigenvalue weighted by Crippen LogP contribution is -2.37. The van der Waals surface area contributed by atoms with Crippen LogP contribution in [0.25, 0.3) is 0 Å². The quantitative estimate of drug-likeness (QED) is 0.713. The average molecular weight is 358 g/mol. The summed E-state index contributed by atoms with van der Waals surface area (Å²) in [5.74, 6) is -2.78. The summed E-state index contributed by atoms with van der Waals surface area (Å²) in [6, 6.07) is 2.12. The van der Waals surface area contributed by atoms with Crippen LogP contribution in [0.4, 0.5) is 14.5 Å². The Bertz CT molecular complexity index is 603. The lowest BCUT2D eigenvalue weighted by Gasteiger charge is -2.30. The fraction of sp³-hybridized carbons (Fsp3) is 0.467. The van der Waals surface area contributed by atoms with E-state index < -0.39 is 34.6 Å². The largest absolute Gasteiger partial charge is 0.274 e. The van der Waals surface area contributed by atoms with Gasteiger partial charge in [0.05, 0.1) is 5.41 Å². The Morgan fingerprint density at radius 2 is 1.62 bits per heavy atom. The van der Waals surface area contributed by atoms with Crippen LogP contribution in [-0.4, -0.2) is 11.8 Å². The van der Waals surface area contributed by atoms with Crippen LogP contribution in [0.15, 0.2) is 16.6 Å². The molecule has 1 aromatic carbocycles.